The van der Waals surface area contributed by atoms with Crippen LogP contribution in [-0.4, -0.2) is 26.9 Å². The smallest absolute Gasteiger partial charge is 0.259 e. The van der Waals surface area contributed by atoms with Gasteiger partial charge in [-0.15, -0.1) is 11.3 Å². The average molecular weight is 470 g/mol. The normalized spacial score (nSPS) is 10.9. The Morgan fingerprint density at radius 3 is 2.59 bits per heavy atom. The standard InChI is InChI=1S/C25H19N5O3S/c1-14-9-10-20(34-14)19-13-18(22-15(2)30-33-25(22)28-19)24(32)27-17-7-5-6-16(12-17)23(31)29-21-8-3-4-11-26-21/h3-13H,1-2H3,(H,27,32)(H,26,29,31). The maximum atomic E-state index is 13.3. The molecule has 0 atom stereocenters. The molecule has 0 saturated heterocycles. The van der Waals surface area contributed by atoms with E-state index in [1.165, 1.54) is 0 Å². The lowest BCUT2D eigenvalue weighted by atomic mass is 10.1. The summed E-state index contributed by atoms with van der Waals surface area (Å²) in [6, 6.07) is 17.7. The lowest BCUT2D eigenvalue weighted by molar-refractivity contribution is 0.101. The molecule has 0 aliphatic carbocycles. The minimum atomic E-state index is -0.351. The van der Waals surface area contributed by atoms with Gasteiger partial charge in [0, 0.05) is 22.3 Å². The van der Waals surface area contributed by atoms with Gasteiger partial charge in [-0.05, 0) is 62.4 Å². The summed E-state index contributed by atoms with van der Waals surface area (Å²) in [6.07, 6.45) is 1.60. The number of aryl methyl sites for hydroxylation is 2. The van der Waals surface area contributed by atoms with Gasteiger partial charge in [0.15, 0.2) is 0 Å². The zero-order valence-corrected chi connectivity index (χ0v) is 19.1. The van der Waals surface area contributed by atoms with Crippen LogP contribution in [0.2, 0.25) is 0 Å². The first kappa shape index (κ1) is 21.5. The van der Waals surface area contributed by atoms with Crippen LogP contribution in [-0.2, 0) is 0 Å². The van der Waals surface area contributed by atoms with Crippen LogP contribution in [0.1, 0.15) is 31.3 Å². The maximum Gasteiger partial charge on any atom is 0.259 e. The summed E-state index contributed by atoms with van der Waals surface area (Å²) in [4.78, 5) is 36.7. The molecule has 0 unspecified atom stereocenters. The molecule has 1 aromatic carbocycles. The van der Waals surface area contributed by atoms with Crippen LogP contribution < -0.4 is 10.6 Å². The number of pyridine rings is 2. The van der Waals surface area contributed by atoms with Gasteiger partial charge in [-0.2, -0.15) is 0 Å². The van der Waals surface area contributed by atoms with E-state index in [0.717, 1.165) is 9.75 Å². The summed E-state index contributed by atoms with van der Waals surface area (Å²) in [5, 5.41) is 10.2. The molecular weight excluding hydrogens is 450 g/mol. The molecule has 0 fully saturated rings. The molecule has 0 aliphatic heterocycles. The van der Waals surface area contributed by atoms with Crippen LogP contribution in [0.15, 0.2) is 71.4 Å². The lowest BCUT2D eigenvalue weighted by Crippen LogP contribution is -2.15. The minimum Gasteiger partial charge on any atom is -0.335 e. The largest absolute Gasteiger partial charge is 0.335 e. The first-order valence-electron chi connectivity index (χ1n) is 10.5. The number of hydrogen-bond donors (Lipinski definition) is 2. The van der Waals surface area contributed by atoms with Gasteiger partial charge >= 0.3 is 0 Å². The third-order valence-electron chi connectivity index (χ3n) is 5.14. The van der Waals surface area contributed by atoms with Crippen molar-refractivity contribution in [3.05, 3.63) is 88.6 Å². The van der Waals surface area contributed by atoms with E-state index in [-0.39, 0.29) is 11.8 Å². The minimum absolute atomic E-state index is 0.301. The second kappa shape index (κ2) is 8.87. The average Bonchev–Trinajstić information content (AvgIpc) is 3.45. The number of nitrogens with one attached hydrogen (secondary N) is 2. The molecule has 4 aromatic heterocycles. The molecule has 4 heterocycles. The van der Waals surface area contributed by atoms with Gasteiger partial charge in [-0.3, -0.25) is 9.59 Å². The van der Waals surface area contributed by atoms with Gasteiger partial charge in [0.05, 0.1) is 27.2 Å². The van der Waals surface area contributed by atoms with Crippen molar-refractivity contribution in [2.45, 2.75) is 13.8 Å². The van der Waals surface area contributed by atoms with Crippen LogP contribution in [0, 0.1) is 13.8 Å². The molecule has 8 nitrogen and oxygen atoms in total. The summed E-state index contributed by atoms with van der Waals surface area (Å²) < 4.78 is 5.37. The number of benzene rings is 1. The summed E-state index contributed by atoms with van der Waals surface area (Å²) in [6.45, 7) is 3.78. The van der Waals surface area contributed by atoms with Crippen molar-refractivity contribution >= 4 is 45.8 Å². The van der Waals surface area contributed by atoms with Crippen molar-refractivity contribution in [1.82, 2.24) is 15.1 Å². The number of thiophene rings is 1. The lowest BCUT2D eigenvalue weighted by Gasteiger charge is -2.09. The van der Waals surface area contributed by atoms with Gasteiger partial charge < -0.3 is 15.2 Å². The molecule has 0 spiro atoms. The number of aromatic nitrogens is 3. The molecule has 2 N–H and O–H groups in total. The molecule has 0 bridgehead atoms. The summed E-state index contributed by atoms with van der Waals surface area (Å²) in [7, 11) is 0. The summed E-state index contributed by atoms with van der Waals surface area (Å²) in [5.74, 6) is -0.234. The zero-order valence-electron chi connectivity index (χ0n) is 18.3. The van der Waals surface area contributed by atoms with Crippen molar-refractivity contribution in [3.63, 3.8) is 0 Å². The van der Waals surface area contributed by atoms with Crippen molar-refractivity contribution < 1.29 is 14.1 Å². The van der Waals surface area contributed by atoms with E-state index in [4.69, 9.17) is 4.52 Å². The van der Waals surface area contributed by atoms with Crippen LogP contribution in [0.25, 0.3) is 21.7 Å². The highest BCUT2D eigenvalue weighted by Crippen LogP contribution is 2.31. The number of fused-ring (bicyclic) bond motifs is 1. The Labute approximate surface area is 198 Å². The molecule has 168 valence electrons. The second-order valence-electron chi connectivity index (χ2n) is 7.62. The fraction of sp³-hybridized carbons (Fsp3) is 0.0800. The predicted molar refractivity (Wildman–Crippen MR) is 131 cm³/mol. The number of anilines is 2. The molecule has 5 rings (SSSR count). The number of nitrogens with zero attached hydrogens (tertiary/aromatic N) is 3. The van der Waals surface area contributed by atoms with Gasteiger partial charge in [0.1, 0.15) is 5.82 Å². The molecule has 0 aliphatic rings. The highest BCUT2D eigenvalue weighted by atomic mass is 32.1. The number of rotatable bonds is 5. The Balaban J connectivity index is 1.44. The number of amides is 2. The quantitative estimate of drug-likeness (QED) is 0.353. The highest BCUT2D eigenvalue weighted by molar-refractivity contribution is 7.15. The monoisotopic (exact) mass is 469 g/mol. The molecule has 0 saturated carbocycles. The Morgan fingerprint density at radius 2 is 1.82 bits per heavy atom. The van der Waals surface area contributed by atoms with Gasteiger partial charge in [-0.25, -0.2) is 9.97 Å². The number of carbonyl (C=O) groups is 2. The van der Waals surface area contributed by atoms with Gasteiger partial charge in [0.2, 0.25) is 0 Å². The van der Waals surface area contributed by atoms with Gasteiger partial charge in [0.25, 0.3) is 17.5 Å². The Morgan fingerprint density at radius 1 is 0.941 bits per heavy atom. The molecule has 9 heteroatoms. The predicted octanol–water partition coefficient (Wildman–Crippen LogP) is 5.47. The Hall–Kier alpha value is -4.37. The summed E-state index contributed by atoms with van der Waals surface area (Å²) >= 11 is 1.58. The van der Waals surface area contributed by atoms with E-state index in [1.54, 1.807) is 73.0 Å². The van der Waals surface area contributed by atoms with E-state index >= 15 is 0 Å². The summed E-state index contributed by atoms with van der Waals surface area (Å²) in [5.41, 5.74) is 2.77. The molecule has 5 aromatic rings. The molecule has 34 heavy (non-hydrogen) atoms. The maximum absolute atomic E-state index is 13.3. The van der Waals surface area contributed by atoms with E-state index in [1.807, 2.05) is 19.1 Å². The Kier molecular flexibility index (Phi) is 5.60. The number of carbonyl (C=O) groups excluding carboxylic acids is 2. The van der Waals surface area contributed by atoms with Crippen molar-refractivity contribution in [2.75, 3.05) is 10.6 Å². The van der Waals surface area contributed by atoms with E-state index in [2.05, 4.69) is 25.8 Å². The molecule has 2 amide bonds. The Bertz CT molecular complexity index is 1520. The van der Waals surface area contributed by atoms with Crippen molar-refractivity contribution in [3.8, 4) is 10.6 Å². The second-order valence-corrected chi connectivity index (χ2v) is 8.91. The first-order chi connectivity index (χ1) is 16.5. The van der Waals surface area contributed by atoms with Crippen LogP contribution >= 0.6 is 11.3 Å². The first-order valence-corrected chi connectivity index (χ1v) is 11.3. The SMILES string of the molecule is Cc1ccc(-c2cc(C(=O)Nc3cccc(C(=O)Nc4ccccn4)c3)c3c(C)noc3n2)s1. The molecule has 0 radical (unpaired) electrons. The fourth-order valence-electron chi connectivity index (χ4n) is 3.53. The van der Waals surface area contributed by atoms with E-state index < -0.39 is 0 Å². The van der Waals surface area contributed by atoms with Crippen molar-refractivity contribution in [1.29, 1.82) is 0 Å². The van der Waals surface area contributed by atoms with Gasteiger partial charge in [-0.1, -0.05) is 17.3 Å². The molecular formula is C25H19N5O3S. The van der Waals surface area contributed by atoms with Crippen LogP contribution in [0.4, 0.5) is 11.5 Å². The van der Waals surface area contributed by atoms with Crippen LogP contribution in [0.5, 0.6) is 0 Å². The van der Waals surface area contributed by atoms with E-state index in [9.17, 15) is 9.59 Å². The topological polar surface area (TPSA) is 110 Å². The third-order valence-corrected chi connectivity index (χ3v) is 6.17. The van der Waals surface area contributed by atoms with E-state index in [0.29, 0.717) is 45.1 Å². The van der Waals surface area contributed by atoms with Crippen molar-refractivity contribution in [2.24, 2.45) is 0 Å². The zero-order chi connectivity index (χ0) is 23.7. The third kappa shape index (κ3) is 4.28. The fourth-order valence-corrected chi connectivity index (χ4v) is 4.36. The number of hydrogen-bond acceptors (Lipinski definition) is 7. The highest BCUT2D eigenvalue weighted by Gasteiger charge is 2.20. The van der Waals surface area contributed by atoms with Crippen LogP contribution in [0.3, 0.4) is 0 Å².